The standard InChI is InChI=1S/2C10H16O2.2C5H14NO.C2H4O2.CH2O3/c2*1-8(2)5-4-6-9(3)7-10(11)12;2*1-6(2,3)4-5-7;1-2(3)4;2-1-4-3/h2*5,7H,4,6H2,1-3H3,(H,11,12);2*7H,4-5H2,1-3H3;1H3,(H,3,4);1,3H/q;;2*+1;;/p-2/b2*9-7+;;;;. The zero-order valence-electron chi connectivity index (χ0n) is 30.6. The summed E-state index contributed by atoms with van der Waals surface area (Å²) in [6, 6.07) is 0. The van der Waals surface area contributed by atoms with Crippen molar-refractivity contribution in [2.24, 2.45) is 0 Å². The van der Waals surface area contributed by atoms with E-state index in [1.165, 1.54) is 17.2 Å². The minimum atomic E-state index is -1.11. The van der Waals surface area contributed by atoms with Crippen LogP contribution in [0.4, 0.5) is 0 Å². The first-order valence-electron chi connectivity index (χ1n) is 14.6. The molecule has 0 aromatic rings. The van der Waals surface area contributed by atoms with Gasteiger partial charge in [0.15, 0.2) is 0 Å². The highest BCUT2D eigenvalue weighted by Gasteiger charge is 2.03. The zero-order valence-corrected chi connectivity index (χ0v) is 30.6. The third-order valence-electron chi connectivity index (χ3n) is 4.50. The molecule has 13 heteroatoms. The molecule has 0 radical (unpaired) electrons. The largest absolute Gasteiger partial charge is 0.662 e. The van der Waals surface area contributed by atoms with Gasteiger partial charge in [0, 0.05) is 13.0 Å². The van der Waals surface area contributed by atoms with Crippen molar-refractivity contribution in [2.45, 2.75) is 74.1 Å². The lowest BCUT2D eigenvalue weighted by molar-refractivity contribution is -0.870. The van der Waals surface area contributed by atoms with Gasteiger partial charge in [-0.3, -0.25) is 9.59 Å². The van der Waals surface area contributed by atoms with Gasteiger partial charge < -0.3 is 49.4 Å². The van der Waals surface area contributed by atoms with Crippen LogP contribution in [-0.2, 0) is 24.1 Å². The minimum absolute atomic E-state index is 0.181. The molecular formula is C33H64N2O11. The molecular weight excluding hydrogens is 600 g/mol. The number of aliphatic carboxylic acids is 3. The van der Waals surface area contributed by atoms with E-state index >= 15 is 0 Å². The first-order chi connectivity index (χ1) is 20.8. The Morgan fingerprint density at radius 2 is 0.957 bits per heavy atom. The number of nitrogens with zero attached hydrogens (tertiary/aromatic N) is 2. The van der Waals surface area contributed by atoms with Crippen molar-refractivity contribution in [2.75, 3.05) is 68.6 Å². The Morgan fingerprint density at radius 1 is 0.674 bits per heavy atom. The lowest BCUT2D eigenvalue weighted by atomic mass is 10.1. The summed E-state index contributed by atoms with van der Waals surface area (Å²) in [5.41, 5.74) is 4.31. The van der Waals surface area contributed by atoms with Gasteiger partial charge in [0.2, 0.25) is 0 Å². The molecule has 0 bridgehead atoms. The van der Waals surface area contributed by atoms with Gasteiger partial charge in [0.25, 0.3) is 12.4 Å². The smallest absolute Gasteiger partial charge is 0.328 e. The van der Waals surface area contributed by atoms with Crippen LogP contribution in [0.3, 0.4) is 0 Å². The molecule has 0 aliphatic rings. The second-order valence-electron chi connectivity index (χ2n) is 12.5. The van der Waals surface area contributed by atoms with E-state index in [0.717, 1.165) is 71.9 Å². The topological polar surface area (TPSA) is 205 Å². The van der Waals surface area contributed by atoms with E-state index < -0.39 is 17.9 Å². The fourth-order valence-corrected chi connectivity index (χ4v) is 2.33. The van der Waals surface area contributed by atoms with Gasteiger partial charge in [-0.25, -0.2) is 4.79 Å². The first kappa shape index (κ1) is 55.1. The maximum absolute atomic E-state index is 10.2. The number of allylic oxidation sites excluding steroid dienone is 6. The lowest BCUT2D eigenvalue weighted by Gasteiger charge is -2.21. The predicted octanol–water partition coefficient (Wildman–Crippen LogP) is 2.09. The summed E-state index contributed by atoms with van der Waals surface area (Å²) in [6.45, 7) is 14.9. The summed E-state index contributed by atoms with van der Waals surface area (Å²) < 4.78 is 1.69. The van der Waals surface area contributed by atoms with E-state index in [1.807, 2.05) is 34.6 Å². The molecule has 13 nitrogen and oxygen atoms in total. The summed E-state index contributed by atoms with van der Waals surface area (Å²) in [4.78, 5) is 40.6. The van der Waals surface area contributed by atoms with Crippen molar-refractivity contribution in [3.05, 3.63) is 46.6 Å². The number of carbonyl (C=O) groups is 4. The number of hydrogen-bond donors (Lipinski definition) is 4. The Hall–Kier alpha value is -3.36. The maximum atomic E-state index is 10.2. The van der Waals surface area contributed by atoms with Gasteiger partial charge in [0.05, 0.1) is 61.5 Å². The molecule has 0 heterocycles. The normalized spacial score (nSPS) is 10.4. The predicted molar refractivity (Wildman–Crippen MR) is 178 cm³/mol. The van der Waals surface area contributed by atoms with Crippen LogP contribution in [0.25, 0.3) is 0 Å². The van der Waals surface area contributed by atoms with E-state index in [0.29, 0.717) is 0 Å². The number of carboxylic acids is 3. The van der Waals surface area contributed by atoms with Crippen LogP contribution in [0.5, 0.6) is 0 Å². The third-order valence-corrected chi connectivity index (χ3v) is 4.50. The van der Waals surface area contributed by atoms with Crippen molar-refractivity contribution in [3.8, 4) is 0 Å². The molecule has 46 heavy (non-hydrogen) atoms. The zero-order chi connectivity index (χ0) is 37.9. The van der Waals surface area contributed by atoms with Gasteiger partial charge in [-0.15, -0.1) is 0 Å². The van der Waals surface area contributed by atoms with Crippen molar-refractivity contribution in [3.63, 3.8) is 0 Å². The third kappa shape index (κ3) is 97.1. The van der Waals surface area contributed by atoms with Crippen LogP contribution in [0.1, 0.15) is 74.1 Å². The molecule has 0 aromatic carbocycles. The van der Waals surface area contributed by atoms with Gasteiger partial charge in [-0.05, 0) is 73.3 Å². The highest BCUT2D eigenvalue weighted by Crippen LogP contribution is 2.06. The SMILES string of the molecule is CC(=O)O.CC(C)=CCC/C(C)=C/C(=O)O.CC(C)=CCC/C(C)=C/C(=O)[O-].C[N+](C)(C)CCO.C[N+](C)(C)CCO.O=CO[O-]. The molecule has 0 atom stereocenters. The van der Waals surface area contributed by atoms with Gasteiger partial charge >= 0.3 is 5.97 Å². The van der Waals surface area contributed by atoms with E-state index in [2.05, 4.69) is 59.3 Å². The van der Waals surface area contributed by atoms with Crippen LogP contribution in [-0.4, -0.2) is 122 Å². The average molecular weight is 665 g/mol. The van der Waals surface area contributed by atoms with Gasteiger partial charge in [0.1, 0.15) is 13.1 Å². The van der Waals surface area contributed by atoms with Crippen molar-refractivity contribution >= 4 is 24.4 Å². The number of hydrogen-bond acceptors (Lipinski definition) is 9. The van der Waals surface area contributed by atoms with Gasteiger partial charge in [-0.2, -0.15) is 0 Å². The second-order valence-corrected chi connectivity index (χ2v) is 12.5. The molecule has 4 N–H and O–H groups in total. The number of aliphatic hydroxyl groups excluding tert-OH is 2. The van der Waals surface area contributed by atoms with E-state index in [1.54, 1.807) is 6.92 Å². The number of carboxylic acid groups (broad SMARTS) is 3. The fourth-order valence-electron chi connectivity index (χ4n) is 2.33. The van der Waals surface area contributed by atoms with Crippen LogP contribution in [0.2, 0.25) is 0 Å². The fraction of sp³-hybridized carbons (Fsp3) is 0.636. The second kappa shape index (κ2) is 36.1. The maximum Gasteiger partial charge on any atom is 0.328 e. The molecule has 0 amide bonds. The summed E-state index contributed by atoms with van der Waals surface area (Å²) in [6.07, 6.45) is 10.1. The highest BCUT2D eigenvalue weighted by molar-refractivity contribution is 5.80. The van der Waals surface area contributed by atoms with E-state index in [-0.39, 0.29) is 19.7 Å². The van der Waals surface area contributed by atoms with Crippen LogP contribution in [0, 0.1) is 0 Å². The molecule has 0 unspecified atom stereocenters. The summed E-state index contributed by atoms with van der Waals surface area (Å²) in [5, 5.41) is 51.1. The van der Waals surface area contributed by atoms with E-state index in [9.17, 15) is 14.7 Å². The summed E-state index contributed by atoms with van der Waals surface area (Å²) >= 11 is 0. The Bertz CT molecular complexity index is 834. The summed E-state index contributed by atoms with van der Waals surface area (Å²) in [7, 11) is 12.3. The first-order valence-corrected chi connectivity index (χ1v) is 14.6. The molecule has 0 fully saturated rings. The molecule has 0 aliphatic carbocycles. The van der Waals surface area contributed by atoms with Crippen LogP contribution >= 0.6 is 0 Å². The Labute approximate surface area is 277 Å². The van der Waals surface area contributed by atoms with Crippen LogP contribution < -0.4 is 10.4 Å². The Kier molecular flexibility index (Phi) is 43.2. The summed E-state index contributed by atoms with van der Waals surface area (Å²) in [5.74, 6) is -2.80. The van der Waals surface area contributed by atoms with Crippen molar-refractivity contribution < 1.29 is 63.8 Å². The molecule has 0 spiro atoms. The molecule has 272 valence electrons. The minimum Gasteiger partial charge on any atom is -0.662 e. The number of likely N-dealkylation sites (N-methyl/N-ethyl adjacent to an activating group) is 2. The van der Waals surface area contributed by atoms with Crippen molar-refractivity contribution in [1.29, 1.82) is 0 Å². The lowest BCUT2D eigenvalue weighted by Crippen LogP contribution is -2.36. The number of aliphatic hydroxyl groups is 2. The molecule has 0 aliphatic heterocycles. The quantitative estimate of drug-likeness (QED) is 0.0560. The Balaban J connectivity index is -0.000000110. The number of quaternary nitrogens is 2. The van der Waals surface area contributed by atoms with Crippen molar-refractivity contribution in [1.82, 2.24) is 0 Å². The molecule has 0 rings (SSSR count). The van der Waals surface area contributed by atoms with E-state index in [4.69, 9.17) is 35.3 Å². The molecule has 0 aromatic heterocycles. The van der Waals surface area contributed by atoms with Gasteiger partial charge in [-0.1, -0.05) is 34.4 Å². The van der Waals surface area contributed by atoms with Crippen LogP contribution in [0.15, 0.2) is 46.6 Å². The monoisotopic (exact) mass is 664 g/mol. The average Bonchev–Trinajstić information content (AvgIpc) is 2.82. The highest BCUT2D eigenvalue weighted by atomic mass is 17.1. The Morgan fingerprint density at radius 3 is 1.11 bits per heavy atom. The number of rotatable bonds is 13. The molecule has 0 saturated carbocycles. The molecule has 0 saturated heterocycles. The number of carbonyl (C=O) groups excluding carboxylic acids is 2.